The van der Waals surface area contributed by atoms with Crippen molar-refractivity contribution in [2.45, 2.75) is 20.3 Å². The first-order chi connectivity index (χ1) is 8.60. The highest BCUT2D eigenvalue weighted by Crippen LogP contribution is 2.14. The minimum absolute atomic E-state index is 0.296. The fourth-order valence-electron chi connectivity index (χ4n) is 1.74. The van der Waals surface area contributed by atoms with E-state index in [1.54, 1.807) is 19.2 Å². The third-order valence-corrected chi connectivity index (χ3v) is 2.64. The Hall–Kier alpha value is -2.17. The SMILES string of the molecule is CCc1cn[nH]c1NC(=O)c1cc(C)cc(F)c1. The fourth-order valence-corrected chi connectivity index (χ4v) is 1.74. The summed E-state index contributed by atoms with van der Waals surface area (Å²) in [4.78, 5) is 12.0. The maximum absolute atomic E-state index is 13.2. The van der Waals surface area contributed by atoms with Gasteiger partial charge in [-0.1, -0.05) is 6.92 Å². The molecule has 0 aliphatic rings. The number of halogens is 1. The number of hydrogen-bond acceptors (Lipinski definition) is 2. The summed E-state index contributed by atoms with van der Waals surface area (Å²) in [6.07, 6.45) is 2.42. The van der Waals surface area contributed by atoms with Crippen molar-refractivity contribution in [2.75, 3.05) is 5.32 Å². The molecule has 5 heteroatoms. The average molecular weight is 247 g/mol. The van der Waals surface area contributed by atoms with Gasteiger partial charge in [0.25, 0.3) is 5.91 Å². The lowest BCUT2D eigenvalue weighted by atomic mass is 10.1. The van der Waals surface area contributed by atoms with Gasteiger partial charge in [-0.25, -0.2) is 4.39 Å². The molecule has 0 radical (unpaired) electrons. The van der Waals surface area contributed by atoms with Crippen LogP contribution in [0.2, 0.25) is 0 Å². The number of aromatic nitrogens is 2. The standard InChI is InChI=1S/C13H14FN3O/c1-3-9-7-15-17-12(9)16-13(18)10-4-8(2)5-11(14)6-10/h4-7H,3H2,1-2H3,(H2,15,16,17,18). The highest BCUT2D eigenvalue weighted by molar-refractivity contribution is 6.04. The summed E-state index contributed by atoms with van der Waals surface area (Å²) < 4.78 is 13.2. The number of anilines is 1. The molecule has 4 nitrogen and oxygen atoms in total. The molecule has 0 aliphatic carbocycles. The number of hydrogen-bond donors (Lipinski definition) is 2. The van der Waals surface area contributed by atoms with Crippen LogP contribution in [0.1, 0.15) is 28.4 Å². The quantitative estimate of drug-likeness (QED) is 0.876. The van der Waals surface area contributed by atoms with Gasteiger partial charge in [-0.15, -0.1) is 0 Å². The molecule has 0 saturated carbocycles. The van der Waals surface area contributed by atoms with Gasteiger partial charge in [0.15, 0.2) is 0 Å². The Labute approximate surface area is 104 Å². The molecule has 0 atom stereocenters. The Balaban J connectivity index is 2.22. The zero-order chi connectivity index (χ0) is 13.1. The van der Waals surface area contributed by atoms with E-state index in [-0.39, 0.29) is 5.91 Å². The molecular formula is C13H14FN3O. The van der Waals surface area contributed by atoms with Crippen molar-refractivity contribution in [3.63, 3.8) is 0 Å². The Morgan fingerprint density at radius 3 is 2.89 bits per heavy atom. The van der Waals surface area contributed by atoms with Crippen LogP contribution < -0.4 is 5.32 Å². The van der Waals surface area contributed by atoms with Crippen LogP contribution in [0.25, 0.3) is 0 Å². The van der Waals surface area contributed by atoms with Crippen LogP contribution in [0.5, 0.6) is 0 Å². The third kappa shape index (κ3) is 2.56. The average Bonchev–Trinajstić information content (AvgIpc) is 2.75. The van der Waals surface area contributed by atoms with E-state index in [2.05, 4.69) is 15.5 Å². The van der Waals surface area contributed by atoms with Crippen molar-refractivity contribution >= 4 is 11.7 Å². The molecule has 1 heterocycles. The molecule has 2 N–H and O–H groups in total. The number of carbonyl (C=O) groups is 1. The van der Waals surface area contributed by atoms with Gasteiger partial charge in [0.2, 0.25) is 0 Å². The first kappa shape index (κ1) is 12.3. The normalized spacial score (nSPS) is 10.4. The number of nitrogens with one attached hydrogen (secondary N) is 2. The summed E-state index contributed by atoms with van der Waals surface area (Å²) in [5.74, 6) is -0.207. The smallest absolute Gasteiger partial charge is 0.256 e. The largest absolute Gasteiger partial charge is 0.307 e. The van der Waals surface area contributed by atoms with E-state index >= 15 is 0 Å². The van der Waals surface area contributed by atoms with Crippen molar-refractivity contribution in [2.24, 2.45) is 0 Å². The molecule has 0 fully saturated rings. The van der Waals surface area contributed by atoms with Crippen molar-refractivity contribution < 1.29 is 9.18 Å². The zero-order valence-electron chi connectivity index (χ0n) is 10.2. The predicted octanol–water partition coefficient (Wildman–Crippen LogP) is 2.67. The molecule has 1 aromatic carbocycles. The second-order valence-corrected chi connectivity index (χ2v) is 4.10. The topological polar surface area (TPSA) is 57.8 Å². The number of aromatic amines is 1. The van der Waals surface area contributed by atoms with Crippen LogP contribution in [-0.2, 0) is 6.42 Å². The van der Waals surface area contributed by atoms with Gasteiger partial charge in [-0.05, 0) is 37.1 Å². The van der Waals surface area contributed by atoms with E-state index in [1.807, 2.05) is 6.92 Å². The van der Waals surface area contributed by atoms with E-state index in [0.29, 0.717) is 16.9 Å². The second kappa shape index (κ2) is 5.00. The third-order valence-electron chi connectivity index (χ3n) is 2.64. The summed E-state index contributed by atoms with van der Waals surface area (Å²) in [6, 6.07) is 4.23. The molecule has 18 heavy (non-hydrogen) atoms. The molecule has 0 unspecified atom stereocenters. The van der Waals surface area contributed by atoms with Gasteiger partial charge in [-0.3, -0.25) is 9.89 Å². The molecular weight excluding hydrogens is 233 g/mol. The summed E-state index contributed by atoms with van der Waals surface area (Å²) in [7, 11) is 0. The summed E-state index contributed by atoms with van der Waals surface area (Å²) in [5.41, 5.74) is 1.92. The minimum Gasteiger partial charge on any atom is -0.307 e. The van der Waals surface area contributed by atoms with E-state index in [9.17, 15) is 9.18 Å². The van der Waals surface area contributed by atoms with Crippen LogP contribution in [0, 0.1) is 12.7 Å². The molecule has 2 aromatic rings. The molecule has 0 bridgehead atoms. The van der Waals surface area contributed by atoms with Crippen LogP contribution in [0.15, 0.2) is 24.4 Å². The summed E-state index contributed by atoms with van der Waals surface area (Å²) in [5, 5.41) is 9.26. The number of amides is 1. The van der Waals surface area contributed by atoms with E-state index < -0.39 is 5.82 Å². The van der Waals surface area contributed by atoms with Crippen molar-refractivity contribution in [3.05, 3.63) is 46.9 Å². The lowest BCUT2D eigenvalue weighted by Gasteiger charge is -2.05. The first-order valence-corrected chi connectivity index (χ1v) is 5.71. The van der Waals surface area contributed by atoms with Gasteiger partial charge < -0.3 is 5.32 Å². The van der Waals surface area contributed by atoms with Gasteiger partial charge in [0, 0.05) is 11.1 Å². The molecule has 1 aromatic heterocycles. The zero-order valence-corrected chi connectivity index (χ0v) is 10.2. The lowest BCUT2D eigenvalue weighted by Crippen LogP contribution is -2.13. The second-order valence-electron chi connectivity index (χ2n) is 4.10. The molecule has 2 rings (SSSR count). The number of H-pyrrole nitrogens is 1. The van der Waals surface area contributed by atoms with Crippen molar-refractivity contribution in [1.82, 2.24) is 10.2 Å². The Morgan fingerprint density at radius 2 is 2.22 bits per heavy atom. The Morgan fingerprint density at radius 1 is 1.44 bits per heavy atom. The first-order valence-electron chi connectivity index (χ1n) is 5.71. The van der Waals surface area contributed by atoms with Crippen LogP contribution in [0.4, 0.5) is 10.2 Å². The maximum Gasteiger partial charge on any atom is 0.256 e. The Kier molecular flexibility index (Phi) is 3.41. The Bertz CT molecular complexity index is 557. The molecule has 0 aliphatic heterocycles. The number of rotatable bonds is 3. The fraction of sp³-hybridized carbons (Fsp3) is 0.231. The summed E-state index contributed by atoms with van der Waals surface area (Å²) in [6.45, 7) is 3.71. The molecule has 0 saturated heterocycles. The lowest BCUT2D eigenvalue weighted by molar-refractivity contribution is 0.102. The number of aryl methyl sites for hydroxylation is 2. The van der Waals surface area contributed by atoms with Gasteiger partial charge in [-0.2, -0.15) is 5.10 Å². The van der Waals surface area contributed by atoms with E-state index in [4.69, 9.17) is 0 Å². The van der Waals surface area contributed by atoms with E-state index in [1.165, 1.54) is 12.1 Å². The number of benzene rings is 1. The summed E-state index contributed by atoms with van der Waals surface area (Å²) >= 11 is 0. The maximum atomic E-state index is 13.2. The van der Waals surface area contributed by atoms with Crippen LogP contribution in [0.3, 0.4) is 0 Å². The van der Waals surface area contributed by atoms with Crippen molar-refractivity contribution in [1.29, 1.82) is 0 Å². The molecule has 0 spiro atoms. The van der Waals surface area contributed by atoms with Gasteiger partial charge in [0.1, 0.15) is 11.6 Å². The minimum atomic E-state index is -0.416. The van der Waals surface area contributed by atoms with E-state index in [0.717, 1.165) is 12.0 Å². The molecule has 1 amide bonds. The van der Waals surface area contributed by atoms with Gasteiger partial charge >= 0.3 is 0 Å². The predicted molar refractivity (Wildman–Crippen MR) is 67.1 cm³/mol. The van der Waals surface area contributed by atoms with Gasteiger partial charge in [0.05, 0.1) is 6.20 Å². The monoisotopic (exact) mass is 247 g/mol. The van der Waals surface area contributed by atoms with Crippen molar-refractivity contribution in [3.8, 4) is 0 Å². The highest BCUT2D eigenvalue weighted by Gasteiger charge is 2.11. The highest BCUT2D eigenvalue weighted by atomic mass is 19.1. The van der Waals surface area contributed by atoms with Crippen LogP contribution in [-0.4, -0.2) is 16.1 Å². The number of nitrogens with zero attached hydrogens (tertiary/aromatic N) is 1. The number of carbonyl (C=O) groups excluding carboxylic acids is 1. The van der Waals surface area contributed by atoms with Crippen LogP contribution >= 0.6 is 0 Å². The molecule has 94 valence electrons.